The first-order valence-corrected chi connectivity index (χ1v) is 20.1. The molecule has 0 radical (unpaired) electrons. The standard InChI is InChI=1S/C45H67N3O5/c1-32(2)27-39(46-43(52)36(23-22-34-17-11-8-12-18-34)30-38(49)21-15-10-16-26-48(6)7)41(50)31-37(29-35-19-13-9-14-20-35)44(53)47-40(28-33(3)4)42(51)45(5)24-25-45/h8-9,11-14,17-20,32-33,36-37,39-40H,10,15-16,21-31H2,1-7H3,(H,46,52)(H,47,53)/t36-,37?,39+,40?/m1/s1. The van der Waals surface area contributed by atoms with Gasteiger partial charge in [-0.2, -0.15) is 0 Å². The molecule has 2 N–H and O–H groups in total. The number of ketones is 3. The molecule has 4 atom stereocenters. The second-order valence-electron chi connectivity index (χ2n) is 16.9. The lowest BCUT2D eigenvalue weighted by Crippen LogP contribution is -2.49. The molecule has 1 aliphatic rings. The van der Waals surface area contributed by atoms with Gasteiger partial charge in [-0.25, -0.2) is 0 Å². The number of amides is 2. The molecule has 0 heterocycles. The van der Waals surface area contributed by atoms with E-state index in [1.165, 1.54) is 0 Å². The van der Waals surface area contributed by atoms with E-state index in [0.717, 1.165) is 49.8 Å². The van der Waals surface area contributed by atoms with Gasteiger partial charge in [0.15, 0.2) is 11.6 Å². The third-order valence-electron chi connectivity index (χ3n) is 10.5. The van der Waals surface area contributed by atoms with Crippen LogP contribution in [0.2, 0.25) is 0 Å². The summed E-state index contributed by atoms with van der Waals surface area (Å²) < 4.78 is 0. The van der Waals surface area contributed by atoms with E-state index in [1.54, 1.807) is 0 Å². The van der Waals surface area contributed by atoms with Gasteiger partial charge < -0.3 is 15.5 Å². The summed E-state index contributed by atoms with van der Waals surface area (Å²) in [6.07, 6.45) is 7.36. The second-order valence-corrected chi connectivity index (χ2v) is 16.9. The summed E-state index contributed by atoms with van der Waals surface area (Å²) in [6, 6.07) is 18.1. The Morgan fingerprint density at radius 3 is 1.81 bits per heavy atom. The third-order valence-corrected chi connectivity index (χ3v) is 10.5. The molecule has 2 unspecified atom stereocenters. The van der Waals surface area contributed by atoms with Crippen LogP contribution in [0, 0.1) is 29.1 Å². The molecule has 0 saturated heterocycles. The highest BCUT2D eigenvalue weighted by molar-refractivity contribution is 5.97. The molecule has 1 aliphatic carbocycles. The number of aryl methyl sites for hydroxylation is 1. The Balaban J connectivity index is 1.78. The van der Waals surface area contributed by atoms with Crippen molar-refractivity contribution in [3.05, 3.63) is 71.8 Å². The monoisotopic (exact) mass is 730 g/mol. The number of nitrogens with one attached hydrogen (secondary N) is 2. The van der Waals surface area contributed by atoms with Crippen LogP contribution in [0.5, 0.6) is 0 Å². The van der Waals surface area contributed by atoms with Gasteiger partial charge in [-0.3, -0.25) is 24.0 Å². The van der Waals surface area contributed by atoms with Crippen LogP contribution >= 0.6 is 0 Å². The maximum absolute atomic E-state index is 14.2. The van der Waals surface area contributed by atoms with E-state index in [2.05, 4.69) is 15.5 Å². The van der Waals surface area contributed by atoms with Crippen molar-refractivity contribution < 1.29 is 24.0 Å². The fourth-order valence-electron chi connectivity index (χ4n) is 7.04. The van der Waals surface area contributed by atoms with Crippen molar-refractivity contribution in [1.29, 1.82) is 0 Å². The predicted octanol–water partition coefficient (Wildman–Crippen LogP) is 7.57. The van der Waals surface area contributed by atoms with Gasteiger partial charge in [0.25, 0.3) is 0 Å². The molecule has 8 nitrogen and oxygen atoms in total. The van der Waals surface area contributed by atoms with Crippen LogP contribution in [0.4, 0.5) is 0 Å². The average molecular weight is 730 g/mol. The van der Waals surface area contributed by atoms with E-state index >= 15 is 0 Å². The van der Waals surface area contributed by atoms with Crippen LogP contribution in [-0.4, -0.2) is 66.8 Å². The van der Waals surface area contributed by atoms with E-state index < -0.39 is 29.3 Å². The zero-order valence-corrected chi connectivity index (χ0v) is 33.6. The smallest absolute Gasteiger partial charge is 0.224 e. The van der Waals surface area contributed by atoms with Gasteiger partial charge in [0.1, 0.15) is 5.78 Å². The summed E-state index contributed by atoms with van der Waals surface area (Å²) >= 11 is 0. The lowest BCUT2D eigenvalue weighted by molar-refractivity contribution is -0.135. The highest BCUT2D eigenvalue weighted by Gasteiger charge is 2.48. The Morgan fingerprint density at radius 2 is 1.25 bits per heavy atom. The topological polar surface area (TPSA) is 113 Å². The van der Waals surface area contributed by atoms with Crippen molar-refractivity contribution in [3.8, 4) is 0 Å². The summed E-state index contributed by atoms with van der Waals surface area (Å²) in [6.45, 7) is 11.0. The van der Waals surface area contributed by atoms with Gasteiger partial charge in [0.2, 0.25) is 11.8 Å². The lowest BCUT2D eigenvalue weighted by Gasteiger charge is -2.27. The molecule has 1 fully saturated rings. The molecule has 53 heavy (non-hydrogen) atoms. The van der Waals surface area contributed by atoms with E-state index in [1.807, 2.05) is 109 Å². The molecule has 2 aromatic rings. The van der Waals surface area contributed by atoms with Crippen LogP contribution in [0.1, 0.15) is 116 Å². The summed E-state index contributed by atoms with van der Waals surface area (Å²) in [5.41, 5.74) is 1.62. The lowest BCUT2D eigenvalue weighted by atomic mass is 9.87. The number of hydrogen-bond acceptors (Lipinski definition) is 6. The SMILES string of the molecule is CC(C)CC(NC(=O)C(CC(=O)[C@H](CC(C)C)NC(=O)[C@H](CCc1ccccc1)CC(=O)CCCCCN(C)C)Cc1ccccc1)C(=O)C1(C)CC1. The Labute approximate surface area is 319 Å². The number of Topliss-reactive ketones (excluding diaryl/α,β-unsaturated/α-hetero) is 3. The second kappa shape index (κ2) is 21.9. The Morgan fingerprint density at radius 1 is 0.698 bits per heavy atom. The highest BCUT2D eigenvalue weighted by atomic mass is 16.2. The van der Waals surface area contributed by atoms with Crippen molar-refractivity contribution in [2.45, 2.75) is 130 Å². The Kier molecular flexibility index (Phi) is 18.1. The van der Waals surface area contributed by atoms with E-state index in [-0.39, 0.29) is 53.8 Å². The minimum Gasteiger partial charge on any atom is -0.346 e. The number of rotatable bonds is 26. The van der Waals surface area contributed by atoms with Crippen molar-refractivity contribution in [2.75, 3.05) is 20.6 Å². The molecule has 2 amide bonds. The third kappa shape index (κ3) is 16.1. The van der Waals surface area contributed by atoms with Crippen LogP contribution in [0.25, 0.3) is 0 Å². The molecule has 3 rings (SSSR count). The van der Waals surface area contributed by atoms with E-state index in [9.17, 15) is 24.0 Å². The first kappa shape index (κ1) is 43.8. The largest absolute Gasteiger partial charge is 0.346 e. The normalized spacial score (nSPS) is 15.8. The molecule has 0 aliphatic heterocycles. The van der Waals surface area contributed by atoms with Crippen molar-refractivity contribution in [3.63, 3.8) is 0 Å². The van der Waals surface area contributed by atoms with Crippen LogP contribution in [0.15, 0.2) is 60.7 Å². The van der Waals surface area contributed by atoms with Crippen molar-refractivity contribution in [1.82, 2.24) is 15.5 Å². The number of nitrogens with zero attached hydrogens (tertiary/aromatic N) is 1. The van der Waals surface area contributed by atoms with Gasteiger partial charge in [-0.05, 0) is 101 Å². The first-order valence-electron chi connectivity index (χ1n) is 20.1. The Bertz CT molecular complexity index is 1450. The summed E-state index contributed by atoms with van der Waals surface area (Å²) in [5, 5.41) is 6.14. The number of unbranched alkanes of at least 4 members (excludes halogenated alkanes) is 2. The number of benzene rings is 2. The molecule has 0 bridgehead atoms. The van der Waals surface area contributed by atoms with Crippen LogP contribution in [-0.2, 0) is 36.8 Å². The molecule has 8 heteroatoms. The first-order chi connectivity index (χ1) is 25.2. The molecule has 0 spiro atoms. The molecular formula is C45H67N3O5. The van der Waals surface area contributed by atoms with Crippen LogP contribution < -0.4 is 10.6 Å². The predicted molar refractivity (Wildman–Crippen MR) is 213 cm³/mol. The van der Waals surface area contributed by atoms with Gasteiger partial charge in [-0.15, -0.1) is 0 Å². The quantitative estimate of drug-likeness (QED) is 0.0967. The van der Waals surface area contributed by atoms with Crippen molar-refractivity contribution in [2.24, 2.45) is 29.1 Å². The summed E-state index contributed by atoms with van der Waals surface area (Å²) in [4.78, 5) is 71.2. The molecule has 292 valence electrons. The maximum Gasteiger partial charge on any atom is 0.224 e. The van der Waals surface area contributed by atoms with Gasteiger partial charge in [0, 0.05) is 36.5 Å². The minimum absolute atomic E-state index is 0.0685. The fraction of sp³-hybridized carbons (Fsp3) is 0.622. The average Bonchev–Trinajstić information content (AvgIpc) is 3.87. The number of hydrogen-bond donors (Lipinski definition) is 2. The van der Waals surface area contributed by atoms with Crippen molar-refractivity contribution >= 4 is 29.2 Å². The maximum atomic E-state index is 14.2. The minimum atomic E-state index is -0.799. The molecular weight excluding hydrogens is 663 g/mol. The summed E-state index contributed by atoms with van der Waals surface area (Å²) in [5.74, 6) is -1.64. The Hall–Kier alpha value is -3.65. The molecule has 1 saturated carbocycles. The zero-order valence-electron chi connectivity index (χ0n) is 33.6. The van der Waals surface area contributed by atoms with Gasteiger partial charge in [0.05, 0.1) is 12.1 Å². The highest BCUT2D eigenvalue weighted by Crippen LogP contribution is 2.47. The molecule has 0 aromatic heterocycles. The van der Waals surface area contributed by atoms with Gasteiger partial charge >= 0.3 is 0 Å². The fourth-order valence-corrected chi connectivity index (χ4v) is 7.04. The zero-order chi connectivity index (χ0) is 39.0. The molecule has 2 aromatic carbocycles. The number of carbonyl (C=O) groups excluding carboxylic acids is 5. The van der Waals surface area contributed by atoms with E-state index in [0.29, 0.717) is 38.5 Å². The number of carbonyl (C=O) groups is 5. The van der Waals surface area contributed by atoms with Gasteiger partial charge in [-0.1, -0.05) is 102 Å². The van der Waals surface area contributed by atoms with Crippen LogP contribution in [0.3, 0.4) is 0 Å². The summed E-state index contributed by atoms with van der Waals surface area (Å²) in [7, 11) is 4.08. The van der Waals surface area contributed by atoms with E-state index in [4.69, 9.17) is 0 Å².